The number of rotatable bonds is 12. The Balaban J connectivity index is 1.26. The van der Waals surface area contributed by atoms with Crippen LogP contribution in [0.25, 0.3) is 11.3 Å². The smallest absolute Gasteiger partial charge is 0.253 e. The average Bonchev–Trinajstić information content (AvgIpc) is 3.52. The number of piperidine rings is 1. The maximum Gasteiger partial charge on any atom is 0.253 e. The largest absolute Gasteiger partial charge is 0.460 e. The summed E-state index contributed by atoms with van der Waals surface area (Å²) < 4.78 is 6.17. The summed E-state index contributed by atoms with van der Waals surface area (Å²) in [6, 6.07) is 27.9. The van der Waals surface area contributed by atoms with Crippen molar-refractivity contribution in [2.45, 2.75) is 57.8 Å². The fraction of sp³-hybridized carbons (Fsp3) is 0.351. The Hall–Kier alpha value is -3.93. The minimum atomic E-state index is -0.233. The molecule has 3 aromatic carbocycles. The molecule has 3 unspecified atom stereocenters. The molecule has 3 atom stereocenters. The van der Waals surface area contributed by atoms with Crippen LogP contribution in [0.2, 0.25) is 5.02 Å². The molecule has 1 amide bonds. The molecular formula is C37H42ClN5O2. The number of halogens is 1. The quantitative estimate of drug-likeness (QED) is 0.164. The van der Waals surface area contributed by atoms with Crippen LogP contribution in [0.4, 0.5) is 0 Å². The second-order valence-electron chi connectivity index (χ2n) is 12.2. The molecule has 1 aliphatic heterocycles. The van der Waals surface area contributed by atoms with Gasteiger partial charge < -0.3 is 25.3 Å². The highest BCUT2D eigenvalue weighted by atomic mass is 35.5. The lowest BCUT2D eigenvalue weighted by Gasteiger charge is -2.31. The summed E-state index contributed by atoms with van der Waals surface area (Å²) in [5, 5.41) is 20.0. The molecule has 1 aromatic heterocycles. The highest BCUT2D eigenvalue weighted by Gasteiger charge is 2.22. The summed E-state index contributed by atoms with van der Waals surface area (Å²) in [7, 11) is 2.14. The van der Waals surface area contributed by atoms with Crippen LogP contribution in [-0.4, -0.2) is 49.6 Å². The molecular weight excluding hydrogens is 582 g/mol. The van der Waals surface area contributed by atoms with E-state index < -0.39 is 0 Å². The van der Waals surface area contributed by atoms with Gasteiger partial charge in [-0.05, 0) is 100 Å². The Labute approximate surface area is 271 Å². The lowest BCUT2D eigenvalue weighted by Crippen LogP contribution is -2.50. The zero-order chi connectivity index (χ0) is 31.8. The van der Waals surface area contributed by atoms with Crippen LogP contribution in [0.5, 0.6) is 0 Å². The number of nitrogens with zero attached hydrogens (tertiary/aromatic N) is 2. The number of hydrogen-bond acceptors (Lipinski definition) is 6. The number of furan rings is 1. The lowest BCUT2D eigenvalue weighted by molar-refractivity contribution is 0.0934. The summed E-state index contributed by atoms with van der Waals surface area (Å²) >= 11 is 6.57. The van der Waals surface area contributed by atoms with Gasteiger partial charge in [0, 0.05) is 36.8 Å². The van der Waals surface area contributed by atoms with E-state index in [0.717, 1.165) is 42.8 Å². The van der Waals surface area contributed by atoms with Gasteiger partial charge in [-0.1, -0.05) is 53.6 Å². The highest BCUT2D eigenvalue weighted by Crippen LogP contribution is 2.27. The number of nitrogens with one attached hydrogen (secondary N) is 3. The summed E-state index contributed by atoms with van der Waals surface area (Å²) in [6.45, 7) is 7.52. The number of carbonyl (C=O) groups excluding carboxylic acids is 1. The van der Waals surface area contributed by atoms with Crippen molar-refractivity contribution < 1.29 is 9.21 Å². The van der Waals surface area contributed by atoms with Crippen LogP contribution in [0.1, 0.15) is 64.2 Å². The molecule has 0 aliphatic carbocycles. The Morgan fingerprint density at radius 2 is 1.87 bits per heavy atom. The van der Waals surface area contributed by atoms with Crippen LogP contribution < -0.4 is 16.0 Å². The number of nitriles is 1. The third-order valence-corrected chi connectivity index (χ3v) is 8.82. The van der Waals surface area contributed by atoms with Gasteiger partial charge in [-0.2, -0.15) is 5.26 Å². The second-order valence-corrected chi connectivity index (χ2v) is 12.6. The van der Waals surface area contributed by atoms with E-state index in [-0.39, 0.29) is 18.0 Å². The van der Waals surface area contributed by atoms with Gasteiger partial charge in [0.2, 0.25) is 0 Å². The molecule has 2 heterocycles. The highest BCUT2D eigenvalue weighted by molar-refractivity contribution is 6.34. The molecule has 45 heavy (non-hydrogen) atoms. The number of likely N-dealkylation sites (tertiary alicyclic amines) is 1. The van der Waals surface area contributed by atoms with E-state index in [1.54, 1.807) is 12.1 Å². The fourth-order valence-corrected chi connectivity index (χ4v) is 5.99. The average molecular weight is 624 g/mol. The maximum atomic E-state index is 13.7. The number of likely N-dealkylation sites (N-methyl/N-ethyl adjacent to an activating group) is 1. The number of aryl methyl sites for hydroxylation is 1. The first kappa shape index (κ1) is 32.5. The molecule has 1 saturated heterocycles. The van der Waals surface area contributed by atoms with Crippen LogP contribution in [-0.2, 0) is 13.0 Å². The van der Waals surface area contributed by atoms with Crippen molar-refractivity contribution in [1.29, 1.82) is 5.26 Å². The zero-order valence-electron chi connectivity index (χ0n) is 26.3. The molecule has 4 aromatic rings. The Kier molecular flexibility index (Phi) is 11.1. The van der Waals surface area contributed by atoms with Gasteiger partial charge in [0.1, 0.15) is 11.5 Å². The van der Waals surface area contributed by atoms with Crippen molar-refractivity contribution >= 4 is 17.5 Å². The predicted octanol–water partition coefficient (Wildman–Crippen LogP) is 6.66. The molecule has 0 bridgehead atoms. The van der Waals surface area contributed by atoms with E-state index in [1.165, 1.54) is 11.1 Å². The van der Waals surface area contributed by atoms with E-state index >= 15 is 0 Å². The van der Waals surface area contributed by atoms with Crippen molar-refractivity contribution in [3.63, 3.8) is 0 Å². The number of benzene rings is 3. The lowest BCUT2D eigenvalue weighted by atomic mass is 10.0. The minimum absolute atomic E-state index is 0.172. The van der Waals surface area contributed by atoms with Gasteiger partial charge in [-0.3, -0.25) is 4.79 Å². The van der Waals surface area contributed by atoms with Crippen molar-refractivity contribution in [2.75, 3.05) is 26.7 Å². The van der Waals surface area contributed by atoms with Gasteiger partial charge in [0.25, 0.3) is 5.91 Å². The minimum Gasteiger partial charge on any atom is -0.460 e. The van der Waals surface area contributed by atoms with Gasteiger partial charge in [0.05, 0.1) is 28.8 Å². The Bertz CT molecular complexity index is 1610. The zero-order valence-corrected chi connectivity index (χ0v) is 27.0. The number of amides is 1. The fourth-order valence-electron chi connectivity index (χ4n) is 5.79. The molecule has 234 valence electrons. The van der Waals surface area contributed by atoms with Crippen molar-refractivity contribution in [3.8, 4) is 17.4 Å². The molecule has 8 heteroatoms. The van der Waals surface area contributed by atoms with Gasteiger partial charge in [0.15, 0.2) is 0 Å². The van der Waals surface area contributed by atoms with E-state index in [4.69, 9.17) is 16.0 Å². The van der Waals surface area contributed by atoms with E-state index in [9.17, 15) is 10.1 Å². The topological polar surface area (TPSA) is 93.3 Å². The van der Waals surface area contributed by atoms with Crippen molar-refractivity contribution in [3.05, 3.63) is 117 Å². The Morgan fingerprint density at radius 3 is 2.60 bits per heavy atom. The normalized spacial score (nSPS) is 16.6. The molecule has 0 spiro atoms. The first-order chi connectivity index (χ1) is 21.8. The summed E-state index contributed by atoms with van der Waals surface area (Å²) in [5.74, 6) is 1.26. The van der Waals surface area contributed by atoms with E-state index in [0.29, 0.717) is 47.5 Å². The standard InChI is InChI=1S/C37H42ClN5O2/c1-25-6-12-29(13-7-25)26(2)40-23-33-15-17-36(45-33)30-14-16-35(38)34(20-30)37(44)42-32(19-27-8-10-28(21-39)11-9-27)22-41-31-5-4-18-43(3)24-31/h6-17,20,26,31-32,40-41H,4-5,18-19,22-24H2,1-3H3,(H,42,44). The van der Waals surface area contributed by atoms with Gasteiger partial charge >= 0.3 is 0 Å². The molecule has 5 rings (SSSR count). The van der Waals surface area contributed by atoms with Crippen molar-refractivity contribution in [2.24, 2.45) is 0 Å². The SMILES string of the molecule is Cc1ccc(C(C)NCc2ccc(-c3ccc(Cl)c(C(=O)NC(CNC4CCCN(C)C4)Cc4ccc(C#N)cc4)c3)o2)cc1. The van der Waals surface area contributed by atoms with Crippen LogP contribution in [0, 0.1) is 18.3 Å². The van der Waals surface area contributed by atoms with Gasteiger partial charge in [-0.25, -0.2) is 0 Å². The van der Waals surface area contributed by atoms with Gasteiger partial charge in [-0.15, -0.1) is 0 Å². The first-order valence-corrected chi connectivity index (χ1v) is 16.1. The summed E-state index contributed by atoms with van der Waals surface area (Å²) in [5.41, 5.74) is 5.32. The van der Waals surface area contributed by atoms with E-state index in [2.05, 4.69) is 72.1 Å². The van der Waals surface area contributed by atoms with Crippen molar-refractivity contribution in [1.82, 2.24) is 20.9 Å². The molecule has 7 nitrogen and oxygen atoms in total. The Morgan fingerprint density at radius 1 is 1.09 bits per heavy atom. The third kappa shape index (κ3) is 9.06. The third-order valence-electron chi connectivity index (χ3n) is 8.49. The predicted molar refractivity (Wildman–Crippen MR) is 180 cm³/mol. The number of hydrogen-bond donors (Lipinski definition) is 3. The molecule has 1 aliphatic rings. The molecule has 3 N–H and O–H groups in total. The number of carbonyl (C=O) groups is 1. The second kappa shape index (κ2) is 15.4. The van der Waals surface area contributed by atoms with Crippen LogP contribution in [0.3, 0.4) is 0 Å². The maximum absolute atomic E-state index is 13.7. The first-order valence-electron chi connectivity index (χ1n) is 15.7. The van der Waals surface area contributed by atoms with E-state index in [1.807, 2.05) is 42.5 Å². The van der Waals surface area contributed by atoms with Crippen LogP contribution in [0.15, 0.2) is 83.3 Å². The molecule has 0 saturated carbocycles. The monoisotopic (exact) mass is 623 g/mol. The molecule has 0 radical (unpaired) electrons. The summed E-state index contributed by atoms with van der Waals surface area (Å²) in [4.78, 5) is 16.0. The van der Waals surface area contributed by atoms with Crippen LogP contribution >= 0.6 is 11.6 Å². The summed E-state index contributed by atoms with van der Waals surface area (Å²) in [6.07, 6.45) is 2.89. The molecule has 1 fully saturated rings.